The van der Waals surface area contributed by atoms with Gasteiger partial charge in [-0.3, -0.25) is 9.80 Å². The number of carbonyl (C=O) groups is 2. The van der Waals surface area contributed by atoms with Gasteiger partial charge in [-0.1, -0.05) is 19.3 Å². The molecule has 84 valence electrons. The van der Waals surface area contributed by atoms with Gasteiger partial charge in [-0.25, -0.2) is 5.01 Å². The zero-order valence-corrected chi connectivity index (χ0v) is 9.24. The first kappa shape index (κ1) is 10.6. The van der Waals surface area contributed by atoms with Crippen molar-refractivity contribution >= 4 is 12.2 Å². The minimum Gasteiger partial charge on any atom is -0.301 e. The van der Waals surface area contributed by atoms with E-state index in [0.717, 1.165) is 19.1 Å². The molecule has 0 N–H and O–H groups in total. The first-order valence-electron chi connectivity index (χ1n) is 5.67. The van der Waals surface area contributed by atoms with Gasteiger partial charge in [-0.15, -0.1) is 0 Å². The summed E-state index contributed by atoms with van der Waals surface area (Å²) < 4.78 is 0. The highest BCUT2D eigenvalue weighted by atomic mass is 16.2. The van der Waals surface area contributed by atoms with Gasteiger partial charge in [-0.05, 0) is 12.8 Å². The first-order chi connectivity index (χ1) is 7.19. The van der Waals surface area contributed by atoms with Gasteiger partial charge in [0.15, 0.2) is 0 Å². The lowest BCUT2D eigenvalue weighted by molar-refractivity contribution is -0.141. The van der Waals surface area contributed by atoms with Crippen molar-refractivity contribution in [2.24, 2.45) is 0 Å². The Morgan fingerprint density at radius 2 is 2.00 bits per heavy atom. The molecule has 2 fully saturated rings. The highest BCUT2D eigenvalue weighted by molar-refractivity contribution is 5.81. The third kappa shape index (κ3) is 1.67. The lowest BCUT2D eigenvalue weighted by atomic mass is 9.80. The van der Waals surface area contributed by atoms with Gasteiger partial charge in [0.05, 0.1) is 6.54 Å². The van der Waals surface area contributed by atoms with Crippen molar-refractivity contribution in [3.05, 3.63) is 0 Å². The minimum atomic E-state index is 0.0261. The van der Waals surface area contributed by atoms with Crippen LogP contribution in [-0.4, -0.2) is 41.3 Å². The van der Waals surface area contributed by atoms with E-state index >= 15 is 0 Å². The molecule has 1 aliphatic carbocycles. The van der Waals surface area contributed by atoms with E-state index in [1.165, 1.54) is 19.3 Å². The zero-order chi connectivity index (χ0) is 10.9. The van der Waals surface area contributed by atoms with Crippen LogP contribution in [0.15, 0.2) is 0 Å². The molecule has 2 aliphatic rings. The molecule has 0 aromatic heterocycles. The summed E-state index contributed by atoms with van der Waals surface area (Å²) in [5.41, 5.74) is 0.0261. The summed E-state index contributed by atoms with van der Waals surface area (Å²) in [5, 5.41) is 3.61. The van der Waals surface area contributed by atoms with E-state index in [1.807, 2.05) is 12.1 Å². The minimum absolute atomic E-state index is 0.0261. The molecule has 4 heteroatoms. The number of hydrogen-bond donors (Lipinski definition) is 0. The molecule has 0 aromatic carbocycles. The highest BCUT2D eigenvalue weighted by Gasteiger charge is 2.47. The SMILES string of the molecule is CN1N(CC=O)C(=O)CC12CCCCC2. The van der Waals surface area contributed by atoms with Crippen LogP contribution < -0.4 is 0 Å². The van der Waals surface area contributed by atoms with Crippen molar-refractivity contribution in [1.82, 2.24) is 10.0 Å². The average molecular weight is 210 g/mol. The van der Waals surface area contributed by atoms with E-state index in [2.05, 4.69) is 0 Å². The van der Waals surface area contributed by atoms with Gasteiger partial charge >= 0.3 is 0 Å². The quantitative estimate of drug-likeness (QED) is 0.638. The number of carbonyl (C=O) groups excluding carboxylic acids is 2. The van der Waals surface area contributed by atoms with Crippen LogP contribution >= 0.6 is 0 Å². The highest BCUT2D eigenvalue weighted by Crippen LogP contribution is 2.40. The van der Waals surface area contributed by atoms with Gasteiger partial charge in [-0.2, -0.15) is 0 Å². The normalized spacial score (nSPS) is 26.2. The Morgan fingerprint density at radius 3 is 2.60 bits per heavy atom. The van der Waals surface area contributed by atoms with Crippen molar-refractivity contribution < 1.29 is 9.59 Å². The Hall–Kier alpha value is -0.900. The Kier molecular flexibility index (Phi) is 2.78. The summed E-state index contributed by atoms with van der Waals surface area (Å²) in [6.45, 7) is 0.205. The van der Waals surface area contributed by atoms with Crippen molar-refractivity contribution in [3.8, 4) is 0 Å². The van der Waals surface area contributed by atoms with Crippen LogP contribution in [0.25, 0.3) is 0 Å². The molecule has 0 aromatic rings. The molecule has 0 bridgehead atoms. The van der Waals surface area contributed by atoms with E-state index in [-0.39, 0.29) is 18.0 Å². The topological polar surface area (TPSA) is 40.6 Å². The predicted molar refractivity (Wildman–Crippen MR) is 56.0 cm³/mol. The average Bonchev–Trinajstić information content (AvgIpc) is 2.45. The maximum atomic E-state index is 11.8. The number of rotatable bonds is 2. The molecule has 1 amide bonds. The van der Waals surface area contributed by atoms with Crippen LogP contribution in [0.3, 0.4) is 0 Å². The van der Waals surface area contributed by atoms with E-state index < -0.39 is 0 Å². The van der Waals surface area contributed by atoms with E-state index in [9.17, 15) is 9.59 Å². The molecule has 1 saturated heterocycles. The fraction of sp³-hybridized carbons (Fsp3) is 0.818. The molecule has 1 aliphatic heterocycles. The number of aldehydes is 1. The van der Waals surface area contributed by atoms with Crippen molar-refractivity contribution in [1.29, 1.82) is 0 Å². The maximum absolute atomic E-state index is 11.8. The van der Waals surface area contributed by atoms with E-state index in [1.54, 1.807) is 5.01 Å². The second-order valence-corrected chi connectivity index (χ2v) is 4.63. The Morgan fingerprint density at radius 1 is 1.33 bits per heavy atom. The molecule has 0 radical (unpaired) electrons. The van der Waals surface area contributed by atoms with Gasteiger partial charge in [0.25, 0.3) is 0 Å². The number of nitrogens with zero attached hydrogens (tertiary/aromatic N) is 2. The summed E-state index contributed by atoms with van der Waals surface area (Å²) in [6, 6.07) is 0. The van der Waals surface area contributed by atoms with Crippen LogP contribution in [0, 0.1) is 0 Å². The Labute approximate surface area is 90.2 Å². The molecule has 1 heterocycles. The summed E-state index contributed by atoms with van der Waals surface area (Å²) in [5.74, 6) is 0.103. The summed E-state index contributed by atoms with van der Waals surface area (Å²) in [4.78, 5) is 22.3. The molecule has 2 rings (SSSR count). The largest absolute Gasteiger partial charge is 0.301 e. The summed E-state index contributed by atoms with van der Waals surface area (Å²) in [6.07, 6.45) is 7.25. The fourth-order valence-corrected chi connectivity index (χ4v) is 2.92. The molecule has 0 unspecified atom stereocenters. The van der Waals surface area contributed by atoms with Gasteiger partial charge in [0.2, 0.25) is 5.91 Å². The smallest absolute Gasteiger partial charge is 0.239 e. The van der Waals surface area contributed by atoms with Gasteiger partial charge in [0.1, 0.15) is 6.29 Å². The molecule has 15 heavy (non-hydrogen) atoms. The van der Waals surface area contributed by atoms with Crippen molar-refractivity contribution in [2.75, 3.05) is 13.6 Å². The van der Waals surface area contributed by atoms with E-state index in [0.29, 0.717) is 6.42 Å². The Balaban J connectivity index is 2.15. The van der Waals surface area contributed by atoms with Gasteiger partial charge in [0, 0.05) is 19.0 Å². The molecular weight excluding hydrogens is 192 g/mol. The standard InChI is InChI=1S/C11H18N2O2/c1-12-11(5-3-2-4-6-11)9-10(15)13(12)7-8-14/h8H,2-7,9H2,1H3. The molecule has 1 spiro atoms. The van der Waals surface area contributed by atoms with Crippen LogP contribution in [-0.2, 0) is 9.59 Å². The Bertz CT molecular complexity index is 272. The predicted octanol–water partition coefficient (Wildman–Crippen LogP) is 0.967. The van der Waals surface area contributed by atoms with Crippen molar-refractivity contribution in [3.63, 3.8) is 0 Å². The van der Waals surface area contributed by atoms with E-state index in [4.69, 9.17) is 0 Å². The third-order valence-corrected chi connectivity index (χ3v) is 3.85. The van der Waals surface area contributed by atoms with Crippen LogP contribution in [0.4, 0.5) is 0 Å². The third-order valence-electron chi connectivity index (χ3n) is 3.85. The molecular formula is C11H18N2O2. The molecule has 0 atom stereocenters. The summed E-state index contributed by atoms with van der Waals surface area (Å²) >= 11 is 0. The zero-order valence-electron chi connectivity index (χ0n) is 9.24. The van der Waals surface area contributed by atoms with Crippen LogP contribution in [0.5, 0.6) is 0 Å². The first-order valence-corrected chi connectivity index (χ1v) is 5.67. The number of hydrazine groups is 1. The van der Waals surface area contributed by atoms with Crippen LogP contribution in [0.2, 0.25) is 0 Å². The molecule has 4 nitrogen and oxygen atoms in total. The number of hydrogen-bond acceptors (Lipinski definition) is 3. The number of amides is 1. The van der Waals surface area contributed by atoms with Gasteiger partial charge < -0.3 is 4.79 Å². The maximum Gasteiger partial charge on any atom is 0.239 e. The van der Waals surface area contributed by atoms with Crippen molar-refractivity contribution in [2.45, 2.75) is 44.1 Å². The van der Waals surface area contributed by atoms with Crippen LogP contribution in [0.1, 0.15) is 38.5 Å². The molecule has 1 saturated carbocycles. The fourth-order valence-electron chi connectivity index (χ4n) is 2.92. The lowest BCUT2D eigenvalue weighted by Crippen LogP contribution is -2.49. The monoisotopic (exact) mass is 210 g/mol. The second kappa shape index (κ2) is 3.93. The second-order valence-electron chi connectivity index (χ2n) is 4.63. The summed E-state index contributed by atoms with van der Waals surface area (Å²) in [7, 11) is 1.94. The lowest BCUT2D eigenvalue weighted by Gasteiger charge is -2.40.